The van der Waals surface area contributed by atoms with Gasteiger partial charge in [0.05, 0.1) is 17.1 Å². The molecule has 0 atom stereocenters. The number of aromatic nitrogens is 3. The molecule has 29 heavy (non-hydrogen) atoms. The van der Waals surface area contributed by atoms with Gasteiger partial charge in [0, 0.05) is 37.3 Å². The maximum Gasteiger partial charge on any atom is 0.254 e. The molecule has 8 heteroatoms. The number of pyridine rings is 1. The molecule has 5 rings (SSSR count). The van der Waals surface area contributed by atoms with Gasteiger partial charge in [0.15, 0.2) is 5.65 Å². The van der Waals surface area contributed by atoms with Crippen LogP contribution in [0.25, 0.3) is 11.0 Å². The van der Waals surface area contributed by atoms with Crippen LogP contribution in [0.4, 0.5) is 0 Å². The number of nitrogens with one attached hydrogen (secondary N) is 1. The molecule has 4 heterocycles. The van der Waals surface area contributed by atoms with Crippen LogP contribution < -0.4 is 5.32 Å². The standard InChI is InChI=1S/C21H29N5O.2ClH/c1-14(2)26-19-17(12-23-26)16(11-18(24-19)15-3-4-15)20(27)25-9-6-21(7-10-25)5-8-22-13-21;;/h11-12,14-15,22H,3-10,13H2,1-2H3;2*1H. The fourth-order valence-electron chi connectivity index (χ4n) is 4.76. The summed E-state index contributed by atoms with van der Waals surface area (Å²) < 4.78 is 1.95. The van der Waals surface area contributed by atoms with Crippen LogP contribution in [0.15, 0.2) is 12.3 Å². The van der Waals surface area contributed by atoms with E-state index in [1.165, 1.54) is 19.3 Å². The van der Waals surface area contributed by atoms with Crippen molar-refractivity contribution in [3.05, 3.63) is 23.5 Å². The van der Waals surface area contributed by atoms with Gasteiger partial charge in [0.2, 0.25) is 0 Å². The van der Waals surface area contributed by atoms with Crippen LogP contribution in [0, 0.1) is 5.41 Å². The number of rotatable bonds is 3. The first-order valence-electron chi connectivity index (χ1n) is 10.4. The van der Waals surface area contributed by atoms with Gasteiger partial charge in [-0.1, -0.05) is 0 Å². The molecule has 1 amide bonds. The van der Waals surface area contributed by atoms with Crippen molar-refractivity contribution in [2.24, 2.45) is 5.41 Å². The molecule has 0 aromatic carbocycles. The third kappa shape index (κ3) is 3.99. The minimum atomic E-state index is 0. The molecule has 0 radical (unpaired) electrons. The molecule has 1 saturated carbocycles. The highest BCUT2D eigenvalue weighted by atomic mass is 35.5. The second-order valence-electron chi connectivity index (χ2n) is 9.01. The maximum atomic E-state index is 13.4. The Hall–Kier alpha value is -1.37. The quantitative estimate of drug-likeness (QED) is 0.785. The summed E-state index contributed by atoms with van der Waals surface area (Å²) in [5.41, 5.74) is 3.16. The van der Waals surface area contributed by atoms with Crippen LogP contribution in [-0.4, -0.2) is 51.8 Å². The SMILES string of the molecule is CC(C)n1ncc2c(C(=O)N3CCC4(CCNC4)CC3)cc(C3CC3)nc21.Cl.Cl. The highest BCUT2D eigenvalue weighted by Crippen LogP contribution is 2.41. The first-order valence-corrected chi connectivity index (χ1v) is 10.4. The van der Waals surface area contributed by atoms with Gasteiger partial charge in [-0.05, 0) is 64.0 Å². The lowest BCUT2D eigenvalue weighted by molar-refractivity contribution is 0.0609. The smallest absolute Gasteiger partial charge is 0.254 e. The van der Waals surface area contributed by atoms with Crippen molar-refractivity contribution in [2.45, 2.75) is 57.9 Å². The summed E-state index contributed by atoms with van der Waals surface area (Å²) in [6, 6.07) is 2.29. The summed E-state index contributed by atoms with van der Waals surface area (Å²) in [5, 5.41) is 8.94. The van der Waals surface area contributed by atoms with E-state index >= 15 is 0 Å². The first-order chi connectivity index (χ1) is 13.1. The van der Waals surface area contributed by atoms with E-state index in [0.29, 0.717) is 11.3 Å². The first kappa shape index (κ1) is 22.3. The van der Waals surface area contributed by atoms with E-state index in [1.807, 2.05) is 10.9 Å². The molecule has 2 aliphatic heterocycles. The summed E-state index contributed by atoms with van der Waals surface area (Å²) >= 11 is 0. The number of fused-ring (bicyclic) bond motifs is 1. The van der Waals surface area contributed by atoms with Crippen LogP contribution >= 0.6 is 24.8 Å². The fraction of sp³-hybridized carbons (Fsp3) is 0.667. The van der Waals surface area contributed by atoms with Crippen molar-refractivity contribution in [2.75, 3.05) is 26.2 Å². The largest absolute Gasteiger partial charge is 0.339 e. The van der Waals surface area contributed by atoms with E-state index in [-0.39, 0.29) is 36.8 Å². The van der Waals surface area contributed by atoms with Crippen LogP contribution in [0.2, 0.25) is 0 Å². The number of piperidine rings is 1. The minimum absolute atomic E-state index is 0. The third-order valence-electron chi connectivity index (χ3n) is 6.75. The van der Waals surface area contributed by atoms with Crippen molar-refractivity contribution in [1.29, 1.82) is 0 Å². The number of carbonyl (C=O) groups is 1. The number of hydrogen-bond donors (Lipinski definition) is 1. The molecule has 2 saturated heterocycles. The van der Waals surface area contributed by atoms with Gasteiger partial charge < -0.3 is 10.2 Å². The predicted molar refractivity (Wildman–Crippen MR) is 119 cm³/mol. The van der Waals surface area contributed by atoms with Gasteiger partial charge in [-0.15, -0.1) is 24.8 Å². The van der Waals surface area contributed by atoms with E-state index < -0.39 is 0 Å². The Kier molecular flexibility index (Phi) is 6.47. The summed E-state index contributed by atoms with van der Waals surface area (Å²) in [7, 11) is 0. The van der Waals surface area contributed by atoms with Gasteiger partial charge in [-0.2, -0.15) is 5.10 Å². The number of likely N-dealkylation sites (tertiary alicyclic amines) is 1. The van der Waals surface area contributed by atoms with Crippen LogP contribution in [-0.2, 0) is 0 Å². The molecule has 160 valence electrons. The second kappa shape index (κ2) is 8.40. The Balaban J connectivity index is 0.00000120. The summed E-state index contributed by atoms with van der Waals surface area (Å²) in [6.45, 7) is 8.18. The van der Waals surface area contributed by atoms with Crippen molar-refractivity contribution in [3.63, 3.8) is 0 Å². The number of carbonyl (C=O) groups excluding carboxylic acids is 1. The van der Waals surface area contributed by atoms with E-state index in [1.54, 1.807) is 0 Å². The van der Waals surface area contributed by atoms with Crippen molar-refractivity contribution in [1.82, 2.24) is 25.0 Å². The van der Waals surface area contributed by atoms with Crippen molar-refractivity contribution < 1.29 is 4.79 Å². The maximum absolute atomic E-state index is 13.4. The molecule has 1 spiro atoms. The van der Waals surface area contributed by atoms with E-state index in [4.69, 9.17) is 4.98 Å². The number of nitrogens with zero attached hydrogens (tertiary/aromatic N) is 4. The molecule has 0 unspecified atom stereocenters. The molecule has 2 aromatic heterocycles. The summed E-state index contributed by atoms with van der Waals surface area (Å²) in [5.74, 6) is 0.680. The van der Waals surface area contributed by atoms with Gasteiger partial charge in [-0.25, -0.2) is 9.67 Å². The Morgan fingerprint density at radius 3 is 2.52 bits per heavy atom. The molecule has 1 N–H and O–H groups in total. The average molecular weight is 440 g/mol. The van der Waals surface area contributed by atoms with Gasteiger partial charge in [0.25, 0.3) is 5.91 Å². The van der Waals surface area contributed by atoms with Crippen LogP contribution in [0.5, 0.6) is 0 Å². The van der Waals surface area contributed by atoms with Gasteiger partial charge >= 0.3 is 0 Å². The Bertz CT molecular complexity index is 877. The zero-order chi connectivity index (χ0) is 18.6. The molecule has 3 fully saturated rings. The Morgan fingerprint density at radius 1 is 1.21 bits per heavy atom. The molecule has 2 aromatic rings. The molecule has 6 nitrogen and oxygen atoms in total. The normalized spacial score (nSPS) is 20.7. The molecular weight excluding hydrogens is 409 g/mol. The number of halogens is 2. The number of amides is 1. The highest BCUT2D eigenvalue weighted by molar-refractivity contribution is 6.05. The Morgan fingerprint density at radius 2 is 1.93 bits per heavy atom. The van der Waals surface area contributed by atoms with E-state index in [0.717, 1.165) is 61.3 Å². The molecule has 3 aliphatic rings. The predicted octanol–water partition coefficient (Wildman–Crippen LogP) is 3.95. The lowest BCUT2D eigenvalue weighted by Crippen LogP contribution is -2.44. The van der Waals surface area contributed by atoms with Gasteiger partial charge in [0.1, 0.15) is 0 Å². The van der Waals surface area contributed by atoms with Crippen molar-refractivity contribution in [3.8, 4) is 0 Å². The van der Waals surface area contributed by atoms with Crippen LogP contribution in [0.3, 0.4) is 0 Å². The van der Waals surface area contributed by atoms with Crippen molar-refractivity contribution >= 4 is 41.8 Å². The molecule has 1 aliphatic carbocycles. The number of hydrogen-bond acceptors (Lipinski definition) is 4. The lowest BCUT2D eigenvalue weighted by Gasteiger charge is -2.39. The zero-order valence-electron chi connectivity index (χ0n) is 17.2. The topological polar surface area (TPSA) is 63.1 Å². The van der Waals surface area contributed by atoms with Crippen LogP contribution in [0.1, 0.15) is 74.0 Å². The fourth-order valence-corrected chi connectivity index (χ4v) is 4.76. The minimum Gasteiger partial charge on any atom is -0.339 e. The summed E-state index contributed by atoms with van der Waals surface area (Å²) in [6.07, 6.45) is 7.67. The lowest BCUT2D eigenvalue weighted by atomic mass is 9.77. The third-order valence-corrected chi connectivity index (χ3v) is 6.75. The average Bonchev–Trinajstić information content (AvgIpc) is 3.28. The Labute approximate surface area is 184 Å². The summed E-state index contributed by atoms with van der Waals surface area (Å²) in [4.78, 5) is 20.4. The molecule has 0 bridgehead atoms. The second-order valence-corrected chi connectivity index (χ2v) is 9.01. The monoisotopic (exact) mass is 439 g/mol. The highest BCUT2D eigenvalue weighted by Gasteiger charge is 2.38. The van der Waals surface area contributed by atoms with E-state index in [2.05, 4.69) is 35.2 Å². The zero-order valence-corrected chi connectivity index (χ0v) is 18.8. The molecular formula is C21H31Cl2N5O. The van der Waals surface area contributed by atoms with E-state index in [9.17, 15) is 4.79 Å². The van der Waals surface area contributed by atoms with Gasteiger partial charge in [-0.3, -0.25) is 4.79 Å².